The van der Waals surface area contributed by atoms with Crippen molar-refractivity contribution in [2.45, 2.75) is 11.8 Å². The van der Waals surface area contributed by atoms with Gasteiger partial charge in [-0.05, 0) is 26.1 Å². The van der Waals surface area contributed by atoms with Gasteiger partial charge in [-0.1, -0.05) is 12.2 Å². The summed E-state index contributed by atoms with van der Waals surface area (Å²) in [6.45, 7) is 8.12. The molecule has 0 unspecified atom stereocenters. The molecule has 0 aliphatic carbocycles. The van der Waals surface area contributed by atoms with Crippen LogP contribution in [0.2, 0.25) is 0 Å². The van der Waals surface area contributed by atoms with E-state index in [-0.39, 0.29) is 10.6 Å². The van der Waals surface area contributed by atoms with Crippen molar-refractivity contribution in [1.82, 2.24) is 9.21 Å². The molecule has 0 saturated carbocycles. The monoisotopic (exact) mass is 368 g/mol. The average molecular weight is 368 g/mol. The SMILES string of the molecule is C=C(C)CN(C)c1ccc(S(=O)(=O)N2CCN(C)CC2)cc1[N+](=O)[O-]. The van der Waals surface area contributed by atoms with Crippen LogP contribution in [0.3, 0.4) is 0 Å². The lowest BCUT2D eigenvalue weighted by atomic mass is 10.2. The molecule has 8 nitrogen and oxygen atoms in total. The number of piperazine rings is 1. The highest BCUT2D eigenvalue weighted by Gasteiger charge is 2.30. The largest absolute Gasteiger partial charge is 0.365 e. The average Bonchev–Trinajstić information content (AvgIpc) is 2.54. The fourth-order valence-electron chi connectivity index (χ4n) is 2.80. The molecule has 1 saturated heterocycles. The van der Waals surface area contributed by atoms with Crippen LogP contribution in [0.4, 0.5) is 11.4 Å². The van der Waals surface area contributed by atoms with E-state index in [4.69, 9.17) is 0 Å². The topological polar surface area (TPSA) is 87.0 Å². The number of nitro benzene ring substituents is 1. The van der Waals surface area contributed by atoms with E-state index in [2.05, 4.69) is 6.58 Å². The summed E-state index contributed by atoms with van der Waals surface area (Å²) in [5, 5.41) is 11.5. The summed E-state index contributed by atoms with van der Waals surface area (Å²) in [4.78, 5) is 14.6. The van der Waals surface area contributed by atoms with Gasteiger partial charge in [-0.15, -0.1) is 0 Å². The molecule has 2 rings (SSSR count). The van der Waals surface area contributed by atoms with E-state index in [1.807, 2.05) is 18.9 Å². The molecule has 138 valence electrons. The van der Waals surface area contributed by atoms with Crippen molar-refractivity contribution >= 4 is 21.4 Å². The maximum absolute atomic E-state index is 12.8. The van der Waals surface area contributed by atoms with Crippen molar-refractivity contribution in [1.29, 1.82) is 0 Å². The predicted octanol–water partition coefficient (Wildman–Crippen LogP) is 1.54. The maximum Gasteiger partial charge on any atom is 0.293 e. The highest BCUT2D eigenvalue weighted by atomic mass is 32.2. The van der Waals surface area contributed by atoms with Gasteiger partial charge in [0.2, 0.25) is 10.0 Å². The number of hydrogen-bond donors (Lipinski definition) is 0. The first kappa shape index (κ1) is 19.4. The molecule has 1 aliphatic rings. The third-order valence-corrected chi connectivity index (χ3v) is 6.06. The van der Waals surface area contributed by atoms with Gasteiger partial charge >= 0.3 is 0 Å². The summed E-state index contributed by atoms with van der Waals surface area (Å²) in [6, 6.07) is 4.08. The van der Waals surface area contributed by atoms with Gasteiger partial charge in [-0.3, -0.25) is 10.1 Å². The van der Waals surface area contributed by atoms with Gasteiger partial charge < -0.3 is 9.80 Å². The Bertz CT molecular complexity index is 770. The highest BCUT2D eigenvalue weighted by molar-refractivity contribution is 7.89. The Kier molecular flexibility index (Phi) is 5.81. The number of benzene rings is 1. The Morgan fingerprint density at radius 3 is 2.44 bits per heavy atom. The molecular weight excluding hydrogens is 344 g/mol. The van der Waals surface area contributed by atoms with Gasteiger partial charge in [0.05, 0.1) is 9.82 Å². The van der Waals surface area contributed by atoms with E-state index in [0.717, 1.165) is 11.6 Å². The Morgan fingerprint density at radius 1 is 1.32 bits per heavy atom. The molecule has 0 N–H and O–H groups in total. The molecule has 0 bridgehead atoms. The van der Waals surface area contributed by atoms with Crippen LogP contribution in [-0.2, 0) is 10.0 Å². The van der Waals surface area contributed by atoms with E-state index in [0.29, 0.717) is 38.4 Å². The van der Waals surface area contributed by atoms with Crippen molar-refractivity contribution in [2.75, 3.05) is 51.7 Å². The number of likely N-dealkylation sites (N-methyl/N-ethyl adjacent to an activating group) is 2. The molecule has 1 aromatic rings. The third kappa shape index (κ3) is 4.36. The number of nitrogens with zero attached hydrogens (tertiary/aromatic N) is 4. The summed E-state index contributed by atoms with van der Waals surface area (Å²) in [6.07, 6.45) is 0. The lowest BCUT2D eigenvalue weighted by Crippen LogP contribution is -2.47. The van der Waals surface area contributed by atoms with Crippen LogP contribution in [0.5, 0.6) is 0 Å². The van der Waals surface area contributed by atoms with Crippen molar-refractivity contribution in [3.63, 3.8) is 0 Å². The van der Waals surface area contributed by atoms with E-state index >= 15 is 0 Å². The molecule has 1 aliphatic heterocycles. The summed E-state index contributed by atoms with van der Waals surface area (Å²) >= 11 is 0. The molecule has 0 radical (unpaired) electrons. The van der Waals surface area contributed by atoms with E-state index in [1.54, 1.807) is 11.9 Å². The van der Waals surface area contributed by atoms with Crippen LogP contribution < -0.4 is 4.90 Å². The predicted molar refractivity (Wildman–Crippen MR) is 97.4 cm³/mol. The first-order valence-corrected chi connectivity index (χ1v) is 9.39. The standard InChI is InChI=1S/C16H24N4O4S/c1-13(2)12-18(4)15-6-5-14(11-16(15)20(21)22)25(23,24)19-9-7-17(3)8-10-19/h5-6,11H,1,7-10,12H2,2-4H3. The molecule has 25 heavy (non-hydrogen) atoms. The molecule has 0 aromatic heterocycles. The Balaban J connectivity index is 2.38. The molecule has 9 heteroatoms. The first-order valence-electron chi connectivity index (χ1n) is 7.95. The molecular formula is C16H24N4O4S. The van der Waals surface area contributed by atoms with Crippen molar-refractivity contribution < 1.29 is 13.3 Å². The minimum Gasteiger partial charge on any atom is -0.365 e. The zero-order valence-electron chi connectivity index (χ0n) is 14.8. The second kappa shape index (κ2) is 7.51. The molecule has 1 aromatic carbocycles. The van der Waals surface area contributed by atoms with E-state index < -0.39 is 14.9 Å². The number of sulfonamides is 1. The van der Waals surface area contributed by atoms with Crippen molar-refractivity contribution in [3.8, 4) is 0 Å². The first-order chi connectivity index (χ1) is 11.6. The van der Waals surface area contributed by atoms with Crippen LogP contribution in [0.25, 0.3) is 0 Å². The number of anilines is 1. The van der Waals surface area contributed by atoms with E-state index in [9.17, 15) is 18.5 Å². The Labute approximate surface area is 148 Å². The van der Waals surface area contributed by atoms with Crippen LogP contribution in [0, 0.1) is 10.1 Å². The number of hydrogen-bond acceptors (Lipinski definition) is 6. The minimum atomic E-state index is -3.74. The normalized spacial score (nSPS) is 16.6. The van der Waals surface area contributed by atoms with E-state index in [1.165, 1.54) is 16.4 Å². The Hall–Kier alpha value is -1.97. The smallest absolute Gasteiger partial charge is 0.293 e. The summed E-state index contributed by atoms with van der Waals surface area (Å²) in [7, 11) is -0.0953. The summed E-state index contributed by atoms with van der Waals surface area (Å²) < 4.78 is 26.9. The second-order valence-electron chi connectivity index (χ2n) is 6.43. The quantitative estimate of drug-likeness (QED) is 0.430. The molecule has 0 spiro atoms. The highest BCUT2D eigenvalue weighted by Crippen LogP contribution is 2.31. The lowest BCUT2D eigenvalue weighted by molar-refractivity contribution is -0.384. The van der Waals surface area contributed by atoms with Crippen LogP contribution >= 0.6 is 0 Å². The maximum atomic E-state index is 12.8. The van der Waals surface area contributed by atoms with Gasteiger partial charge in [0.15, 0.2) is 0 Å². The van der Waals surface area contributed by atoms with Crippen molar-refractivity contribution in [3.05, 3.63) is 40.5 Å². The van der Waals surface area contributed by atoms with Gasteiger partial charge in [-0.25, -0.2) is 8.42 Å². The summed E-state index contributed by atoms with van der Waals surface area (Å²) in [5.74, 6) is 0. The summed E-state index contributed by atoms with van der Waals surface area (Å²) in [5.41, 5.74) is 0.996. The van der Waals surface area contributed by atoms with Crippen LogP contribution in [0.1, 0.15) is 6.92 Å². The lowest BCUT2D eigenvalue weighted by Gasteiger charge is -2.31. The zero-order valence-corrected chi connectivity index (χ0v) is 15.6. The van der Waals surface area contributed by atoms with Crippen molar-refractivity contribution in [2.24, 2.45) is 0 Å². The van der Waals surface area contributed by atoms with Gasteiger partial charge in [0, 0.05) is 45.8 Å². The van der Waals surface area contributed by atoms with Gasteiger partial charge in [0.1, 0.15) is 5.69 Å². The minimum absolute atomic E-state index is 0.0452. The molecule has 1 heterocycles. The van der Waals surface area contributed by atoms with Gasteiger partial charge in [0.25, 0.3) is 5.69 Å². The Morgan fingerprint density at radius 2 is 1.92 bits per heavy atom. The number of nitro groups is 1. The second-order valence-corrected chi connectivity index (χ2v) is 8.37. The zero-order chi connectivity index (χ0) is 18.8. The van der Waals surface area contributed by atoms with Crippen LogP contribution in [0.15, 0.2) is 35.2 Å². The fraction of sp³-hybridized carbons (Fsp3) is 0.500. The third-order valence-electron chi connectivity index (χ3n) is 4.16. The molecule has 1 fully saturated rings. The fourth-order valence-corrected chi connectivity index (χ4v) is 4.24. The molecule has 0 amide bonds. The molecule has 0 atom stereocenters. The van der Waals surface area contributed by atoms with Gasteiger partial charge in [-0.2, -0.15) is 4.31 Å². The van der Waals surface area contributed by atoms with Crippen LogP contribution in [-0.4, -0.2) is 69.4 Å². The number of rotatable bonds is 6.